The second-order valence-corrected chi connectivity index (χ2v) is 18.1. The number of carbonyl (C=O) groups excluding carboxylic acids is 9. The first-order valence-corrected chi connectivity index (χ1v) is 22.9. The largest absolute Gasteiger partial charge is 0.508 e. The smallest absolute Gasteiger partial charge is 0.243 e. The Morgan fingerprint density at radius 2 is 1.28 bits per heavy atom. The van der Waals surface area contributed by atoms with Crippen molar-refractivity contribution in [3.63, 3.8) is 0 Å². The zero-order chi connectivity index (χ0) is 50.8. The van der Waals surface area contributed by atoms with Gasteiger partial charge in [0.2, 0.25) is 53.2 Å². The number of phenolic OH excluding ortho intramolecular Hbond substituents is 1. The predicted molar refractivity (Wildman–Crippen MR) is 252 cm³/mol. The number of imidazole rings is 1. The number of aromatic amines is 1. The van der Waals surface area contributed by atoms with Crippen LogP contribution in [0.25, 0.3) is 0 Å². The van der Waals surface area contributed by atoms with Crippen LogP contribution in [-0.2, 0) is 62.4 Å². The van der Waals surface area contributed by atoms with Gasteiger partial charge in [-0.05, 0) is 60.8 Å². The number of hydrogen-bond donors (Lipinski definition) is 11. The molecule has 1 fully saturated rings. The summed E-state index contributed by atoms with van der Waals surface area (Å²) >= 11 is 0. The molecule has 374 valence electrons. The van der Waals surface area contributed by atoms with Crippen LogP contribution < -0.4 is 49.1 Å². The number of likely N-dealkylation sites (tertiary alicyclic amines) is 1. The van der Waals surface area contributed by atoms with Crippen molar-refractivity contribution in [1.82, 2.24) is 46.8 Å². The lowest BCUT2D eigenvalue weighted by molar-refractivity contribution is -0.140. The number of carbonyl (C=O) groups is 9. The van der Waals surface area contributed by atoms with E-state index in [1.165, 1.54) is 41.7 Å². The molecule has 14 N–H and O–H groups in total. The van der Waals surface area contributed by atoms with Gasteiger partial charge in [-0.15, -0.1) is 0 Å². The number of aromatic nitrogens is 2. The van der Waals surface area contributed by atoms with Crippen LogP contribution in [0.2, 0.25) is 0 Å². The van der Waals surface area contributed by atoms with E-state index in [9.17, 15) is 48.3 Å². The quantitative estimate of drug-likeness (QED) is 0.0436. The van der Waals surface area contributed by atoms with Crippen LogP contribution in [0.3, 0.4) is 0 Å². The van der Waals surface area contributed by atoms with E-state index >= 15 is 0 Å². The number of nitrogens with zero attached hydrogens (tertiary/aromatic N) is 2. The molecule has 22 heteroatoms. The van der Waals surface area contributed by atoms with Crippen molar-refractivity contribution in [1.29, 1.82) is 0 Å². The van der Waals surface area contributed by atoms with E-state index in [2.05, 4.69) is 41.9 Å². The summed E-state index contributed by atoms with van der Waals surface area (Å²) in [6.07, 6.45) is 3.14. The van der Waals surface area contributed by atoms with Gasteiger partial charge in [-0.1, -0.05) is 70.2 Å². The van der Waals surface area contributed by atoms with Gasteiger partial charge in [0.05, 0.1) is 25.3 Å². The van der Waals surface area contributed by atoms with Crippen molar-refractivity contribution >= 4 is 53.2 Å². The van der Waals surface area contributed by atoms with Crippen LogP contribution in [0.5, 0.6) is 5.75 Å². The monoisotopic (exact) mass is 959 g/mol. The van der Waals surface area contributed by atoms with Crippen LogP contribution in [0.1, 0.15) is 76.6 Å². The van der Waals surface area contributed by atoms with E-state index in [0.717, 1.165) is 0 Å². The second-order valence-electron chi connectivity index (χ2n) is 18.1. The number of rotatable bonds is 26. The maximum atomic E-state index is 14.3. The van der Waals surface area contributed by atoms with Gasteiger partial charge in [0, 0.05) is 37.7 Å². The van der Waals surface area contributed by atoms with Gasteiger partial charge in [0.1, 0.15) is 42.0 Å². The van der Waals surface area contributed by atoms with Crippen molar-refractivity contribution < 1.29 is 48.3 Å². The van der Waals surface area contributed by atoms with Gasteiger partial charge >= 0.3 is 0 Å². The Labute approximate surface area is 400 Å². The summed E-state index contributed by atoms with van der Waals surface area (Å²) < 4.78 is 0. The van der Waals surface area contributed by atoms with Crippen molar-refractivity contribution in [3.8, 4) is 5.75 Å². The molecule has 0 saturated carbocycles. The van der Waals surface area contributed by atoms with Gasteiger partial charge < -0.3 is 64.1 Å². The van der Waals surface area contributed by atoms with E-state index in [1.807, 2.05) is 27.7 Å². The molecular weight excluding hydrogens is 893 g/mol. The average Bonchev–Trinajstić information content (AvgIpc) is 4.00. The van der Waals surface area contributed by atoms with Crippen LogP contribution in [0.4, 0.5) is 0 Å². The molecule has 69 heavy (non-hydrogen) atoms. The first-order chi connectivity index (χ1) is 32.7. The molecule has 1 aliphatic rings. The van der Waals surface area contributed by atoms with E-state index in [1.54, 1.807) is 30.3 Å². The maximum absolute atomic E-state index is 14.3. The van der Waals surface area contributed by atoms with Gasteiger partial charge in [-0.3, -0.25) is 43.2 Å². The molecule has 7 atom stereocenters. The molecule has 0 bridgehead atoms. The highest BCUT2D eigenvalue weighted by Gasteiger charge is 2.39. The molecular formula is C47H66N12O10. The summed E-state index contributed by atoms with van der Waals surface area (Å²) in [5.74, 6) is -7.07. The molecule has 9 amide bonds. The highest BCUT2D eigenvalue weighted by molar-refractivity contribution is 5.98. The number of nitrogens with two attached hydrogens (primary N) is 3. The first-order valence-electron chi connectivity index (χ1n) is 22.9. The lowest BCUT2D eigenvalue weighted by atomic mass is 10.0. The molecule has 22 nitrogen and oxygen atoms in total. The fourth-order valence-electron chi connectivity index (χ4n) is 7.84. The number of nitrogens with one attached hydrogen (secondary N) is 7. The lowest BCUT2D eigenvalue weighted by Crippen LogP contribution is -2.60. The van der Waals surface area contributed by atoms with Crippen molar-refractivity contribution in [2.24, 2.45) is 29.0 Å². The molecule has 2 heterocycles. The summed E-state index contributed by atoms with van der Waals surface area (Å²) in [6.45, 7) is 7.23. The molecule has 3 aromatic rings. The number of amides is 9. The molecule has 0 radical (unpaired) electrons. The summed E-state index contributed by atoms with van der Waals surface area (Å²) in [4.78, 5) is 129. The summed E-state index contributed by atoms with van der Waals surface area (Å²) in [7, 11) is 0. The van der Waals surface area contributed by atoms with Crippen LogP contribution in [0.15, 0.2) is 67.1 Å². The fourth-order valence-corrected chi connectivity index (χ4v) is 7.84. The molecule has 4 rings (SSSR count). The van der Waals surface area contributed by atoms with E-state index < -0.39 is 103 Å². The molecule has 1 saturated heterocycles. The highest BCUT2D eigenvalue weighted by Crippen LogP contribution is 2.21. The zero-order valence-corrected chi connectivity index (χ0v) is 39.4. The van der Waals surface area contributed by atoms with E-state index in [-0.39, 0.29) is 49.2 Å². The minimum absolute atomic E-state index is 0.0140. The number of primary amides is 2. The Kier molecular flexibility index (Phi) is 20.6. The van der Waals surface area contributed by atoms with Crippen molar-refractivity contribution in [2.75, 3.05) is 13.1 Å². The molecule has 0 aliphatic carbocycles. The average molecular weight is 959 g/mol. The van der Waals surface area contributed by atoms with Gasteiger partial charge in [-0.2, -0.15) is 0 Å². The Morgan fingerprint density at radius 1 is 0.710 bits per heavy atom. The Hall–Kier alpha value is -7.36. The normalized spacial score (nSPS) is 16.0. The fraction of sp³-hybridized carbons (Fsp3) is 0.489. The van der Waals surface area contributed by atoms with Crippen molar-refractivity contribution in [2.45, 2.75) is 121 Å². The highest BCUT2D eigenvalue weighted by atomic mass is 16.3. The third-order valence-electron chi connectivity index (χ3n) is 11.3. The number of phenols is 1. The minimum Gasteiger partial charge on any atom is -0.508 e. The zero-order valence-electron chi connectivity index (χ0n) is 39.4. The summed E-state index contributed by atoms with van der Waals surface area (Å²) in [5, 5.41) is 25.4. The van der Waals surface area contributed by atoms with Crippen LogP contribution in [0, 0.1) is 11.8 Å². The predicted octanol–water partition coefficient (Wildman–Crippen LogP) is -1.55. The SMILES string of the molecule is CC(C)C[C@H](NC(=O)CNC(=O)[C@H](Cc1ccccc1)NC(=O)[C@H](CC(N)=O)NC(=O)[C@H](Cc1ccc(O)cc1)NC(=O)[C@H](Cc1cnc[nH]1)NC(=O)[C@@H]1CCCN1C(=O)[C@@H](N)CC(C)C)C(N)=O. The van der Waals surface area contributed by atoms with Gasteiger partial charge in [0.25, 0.3) is 0 Å². The number of benzene rings is 2. The Morgan fingerprint density at radius 3 is 1.84 bits per heavy atom. The van der Waals surface area contributed by atoms with Gasteiger partial charge in [-0.25, -0.2) is 4.98 Å². The molecule has 1 aromatic heterocycles. The summed E-state index contributed by atoms with van der Waals surface area (Å²) in [6, 6.07) is 5.60. The molecule has 0 unspecified atom stereocenters. The molecule has 2 aromatic carbocycles. The molecule has 0 spiro atoms. The van der Waals surface area contributed by atoms with E-state index in [4.69, 9.17) is 17.2 Å². The Balaban J connectivity index is 1.58. The van der Waals surface area contributed by atoms with Crippen LogP contribution >= 0.6 is 0 Å². The topological polar surface area (TPSA) is 356 Å². The Bertz CT molecular complexity index is 2240. The lowest BCUT2D eigenvalue weighted by Gasteiger charge is -2.29. The standard InChI is InChI=1S/C47H66N12O10/c1-26(2)17-32(48)47(69)59-16-8-11-38(59)46(68)58-36(21-30-23-51-25-53-30)44(66)56-35(20-29-12-14-31(60)15-13-29)43(65)57-37(22-39(49)61)45(67)55-34(19-28-9-6-5-7-10-28)42(64)52-24-40(62)54-33(41(50)63)18-27(3)4/h5-7,9-10,12-15,23,25-27,32-38,60H,8,11,16-22,24,48H2,1-4H3,(H2,49,61)(H2,50,63)(H,51,53)(H,52,64)(H,54,62)(H,55,67)(H,56,66)(H,57,65)(H,58,68)/t32-,33-,34-,35-,36-,37-,38-/m0/s1. The third-order valence-corrected chi connectivity index (χ3v) is 11.3. The third kappa shape index (κ3) is 17.7. The minimum atomic E-state index is -1.70. The summed E-state index contributed by atoms with van der Waals surface area (Å²) in [5.41, 5.74) is 18.7. The molecule has 1 aliphatic heterocycles. The first kappa shape index (κ1) is 54.2. The van der Waals surface area contributed by atoms with Crippen LogP contribution in [-0.4, -0.2) is 129 Å². The second kappa shape index (κ2) is 26.3. The van der Waals surface area contributed by atoms with Gasteiger partial charge in [0.15, 0.2) is 0 Å². The van der Waals surface area contributed by atoms with Crippen molar-refractivity contribution in [3.05, 3.63) is 83.9 Å². The maximum Gasteiger partial charge on any atom is 0.243 e. The number of hydrogen-bond acceptors (Lipinski definition) is 12. The number of aromatic hydroxyl groups is 1. The number of H-pyrrole nitrogens is 1. The van der Waals surface area contributed by atoms with E-state index in [0.29, 0.717) is 42.6 Å².